The number of piperidine rings is 1. The van der Waals surface area contributed by atoms with Crippen molar-refractivity contribution in [2.45, 2.75) is 69.6 Å². The van der Waals surface area contributed by atoms with E-state index in [4.69, 9.17) is 4.74 Å². The van der Waals surface area contributed by atoms with E-state index in [1.165, 1.54) is 12.1 Å². The van der Waals surface area contributed by atoms with Gasteiger partial charge in [-0.2, -0.15) is 0 Å². The summed E-state index contributed by atoms with van der Waals surface area (Å²) < 4.78 is 5.81. The number of aromatic hydroxyl groups is 1. The lowest BCUT2D eigenvalue weighted by molar-refractivity contribution is -0.122. The van der Waals surface area contributed by atoms with E-state index < -0.39 is 12.2 Å². The van der Waals surface area contributed by atoms with E-state index in [0.717, 1.165) is 81.4 Å². The Morgan fingerprint density at radius 2 is 1.65 bits per heavy atom. The number of rotatable bonds is 13. The quantitative estimate of drug-likeness (QED) is 0.0975. The largest absolute Gasteiger partial charge is 0.506 e. The van der Waals surface area contributed by atoms with E-state index in [1.807, 2.05) is 54.6 Å². The van der Waals surface area contributed by atoms with Crippen LogP contribution in [-0.4, -0.2) is 77.0 Å². The fraction of sp³-hybridized carbons (Fsp3) is 0.425. The zero-order valence-corrected chi connectivity index (χ0v) is 29.0. The summed E-state index contributed by atoms with van der Waals surface area (Å²) in [5.41, 5.74) is 3.31. The molecule has 270 valence electrons. The second kappa shape index (κ2) is 17.5. The number of anilines is 1. The molecule has 6 N–H and O–H groups in total. The second-order valence-electron chi connectivity index (χ2n) is 13.8. The number of phenols is 1. The van der Waals surface area contributed by atoms with E-state index in [2.05, 4.69) is 25.8 Å². The van der Waals surface area contributed by atoms with Gasteiger partial charge in [-0.05, 0) is 86.7 Å². The lowest BCUT2D eigenvalue weighted by atomic mass is 9.84. The average Bonchev–Trinajstić information content (AvgIpc) is 3.14. The number of aliphatic hydroxyl groups is 1. The molecule has 2 heterocycles. The number of para-hydroxylation sites is 1. The first-order valence-corrected chi connectivity index (χ1v) is 18.2. The fourth-order valence-electron chi connectivity index (χ4n) is 7.36. The van der Waals surface area contributed by atoms with Gasteiger partial charge < -0.3 is 35.5 Å². The predicted octanol–water partition coefficient (Wildman–Crippen LogP) is 5.69. The molecule has 51 heavy (non-hydrogen) atoms. The van der Waals surface area contributed by atoms with Gasteiger partial charge in [0, 0.05) is 55.7 Å². The normalized spacial score (nSPS) is 19.0. The van der Waals surface area contributed by atoms with Crippen LogP contribution in [0.5, 0.6) is 5.75 Å². The van der Waals surface area contributed by atoms with Gasteiger partial charge in [0.05, 0.1) is 17.3 Å². The number of nitrogens with zero attached hydrogens (tertiary/aromatic N) is 1. The van der Waals surface area contributed by atoms with Crippen LogP contribution < -0.4 is 21.5 Å². The maximum Gasteiger partial charge on any atom is 0.411 e. The van der Waals surface area contributed by atoms with Crippen LogP contribution in [0, 0.1) is 5.92 Å². The molecule has 1 atom stereocenters. The van der Waals surface area contributed by atoms with Gasteiger partial charge >= 0.3 is 6.09 Å². The summed E-state index contributed by atoms with van der Waals surface area (Å²) in [6.45, 7) is 3.55. The lowest BCUT2D eigenvalue weighted by Gasteiger charge is -2.34. The van der Waals surface area contributed by atoms with Gasteiger partial charge in [-0.15, -0.1) is 0 Å². The molecule has 2 aliphatic rings. The number of H-pyrrole nitrogens is 1. The highest BCUT2D eigenvalue weighted by Crippen LogP contribution is 2.30. The Hall–Kier alpha value is -4.71. The minimum Gasteiger partial charge on any atom is -0.506 e. The molecule has 6 rings (SSSR count). The molecule has 1 saturated heterocycles. The van der Waals surface area contributed by atoms with Crippen molar-refractivity contribution < 1.29 is 24.5 Å². The molecule has 0 unspecified atom stereocenters. The summed E-state index contributed by atoms with van der Waals surface area (Å²) in [6.07, 6.45) is 5.93. The van der Waals surface area contributed by atoms with E-state index in [0.29, 0.717) is 35.3 Å². The number of benzene rings is 3. The molecule has 3 aromatic carbocycles. The number of fused-ring (bicyclic) bond motifs is 1. The molecule has 2 fully saturated rings. The SMILES string of the molecule is O=C(CCNC[C@@H](O)c1ccc(O)c2[nH]c(=O)ccc12)NC1CCC(CCN2CCC(OC(=O)Nc3ccccc3-c3ccccc3)CC2)CC1. The third-order valence-corrected chi connectivity index (χ3v) is 10.3. The number of pyridine rings is 1. The van der Waals surface area contributed by atoms with Gasteiger partial charge in [-0.25, -0.2) is 4.79 Å². The standard InChI is InChI=1S/C40H49N5O6/c46-35-16-14-32(33-15-17-37(48)44-39(33)35)36(47)26-41-22-18-38(49)42-29-12-10-27(11-13-29)19-23-45-24-20-30(21-25-45)51-40(50)43-34-9-5-4-8-31(34)28-6-2-1-3-7-28/h1-9,14-17,27,29-30,36,41,46-47H,10-13,18-26H2,(H,42,49)(H,43,50)(H,44,48)/t27?,29?,36-/m1/s1. The summed E-state index contributed by atoms with van der Waals surface area (Å²) in [5.74, 6) is 0.608. The van der Waals surface area contributed by atoms with Crippen LogP contribution in [0.15, 0.2) is 83.7 Å². The highest BCUT2D eigenvalue weighted by atomic mass is 16.6. The van der Waals surface area contributed by atoms with Crippen LogP contribution in [-0.2, 0) is 9.53 Å². The molecule has 2 amide bonds. The number of hydrogen-bond donors (Lipinski definition) is 6. The molecule has 11 nitrogen and oxygen atoms in total. The summed E-state index contributed by atoms with van der Waals surface area (Å²) in [4.78, 5) is 42.1. The van der Waals surface area contributed by atoms with Crippen molar-refractivity contribution in [3.8, 4) is 16.9 Å². The number of nitrogens with one attached hydrogen (secondary N) is 4. The Labute approximate surface area is 298 Å². The van der Waals surface area contributed by atoms with E-state index in [9.17, 15) is 24.6 Å². The average molecular weight is 696 g/mol. The van der Waals surface area contributed by atoms with Crippen molar-refractivity contribution in [2.75, 3.05) is 38.0 Å². The van der Waals surface area contributed by atoms with Gasteiger partial charge in [0.15, 0.2) is 0 Å². The molecule has 1 aliphatic heterocycles. The molecule has 4 aromatic rings. The minimum absolute atomic E-state index is 0.00673. The van der Waals surface area contributed by atoms with Crippen LogP contribution in [0.4, 0.5) is 10.5 Å². The topological polar surface area (TPSA) is 156 Å². The van der Waals surface area contributed by atoms with Gasteiger partial charge in [0.25, 0.3) is 0 Å². The molecule has 11 heteroatoms. The highest BCUT2D eigenvalue weighted by molar-refractivity contribution is 5.91. The zero-order chi connectivity index (χ0) is 35.6. The smallest absolute Gasteiger partial charge is 0.411 e. The van der Waals surface area contributed by atoms with Gasteiger partial charge in [-0.3, -0.25) is 14.9 Å². The van der Waals surface area contributed by atoms with E-state index in [1.54, 1.807) is 12.1 Å². The Morgan fingerprint density at radius 3 is 2.43 bits per heavy atom. The first-order chi connectivity index (χ1) is 24.8. The Morgan fingerprint density at radius 1 is 0.902 bits per heavy atom. The number of amides is 2. The fourth-order valence-corrected chi connectivity index (χ4v) is 7.36. The molecular formula is C40H49N5O6. The first-order valence-electron chi connectivity index (χ1n) is 18.2. The summed E-state index contributed by atoms with van der Waals surface area (Å²) in [6, 6.07) is 24.0. The van der Waals surface area contributed by atoms with Crippen molar-refractivity contribution in [3.63, 3.8) is 0 Å². The third kappa shape index (κ3) is 9.96. The van der Waals surface area contributed by atoms with Crippen molar-refractivity contribution >= 4 is 28.6 Å². The van der Waals surface area contributed by atoms with Crippen LogP contribution >= 0.6 is 0 Å². The lowest BCUT2D eigenvalue weighted by Crippen LogP contribution is -2.40. The van der Waals surface area contributed by atoms with Gasteiger partial charge in [-0.1, -0.05) is 54.6 Å². The highest BCUT2D eigenvalue weighted by Gasteiger charge is 2.26. The maximum atomic E-state index is 12.8. The van der Waals surface area contributed by atoms with Crippen LogP contribution in [0.1, 0.15) is 63.0 Å². The number of carbonyl (C=O) groups is 2. The van der Waals surface area contributed by atoms with Crippen molar-refractivity contribution in [2.24, 2.45) is 5.92 Å². The van der Waals surface area contributed by atoms with Crippen molar-refractivity contribution in [3.05, 3.63) is 94.8 Å². The summed E-state index contributed by atoms with van der Waals surface area (Å²) in [5, 5.41) is 30.7. The molecule has 1 aromatic heterocycles. The third-order valence-electron chi connectivity index (χ3n) is 10.3. The van der Waals surface area contributed by atoms with E-state index >= 15 is 0 Å². The van der Waals surface area contributed by atoms with Crippen molar-refractivity contribution in [1.29, 1.82) is 0 Å². The van der Waals surface area contributed by atoms with E-state index in [-0.39, 0.29) is 35.9 Å². The number of ether oxygens (including phenoxy) is 1. The monoisotopic (exact) mass is 695 g/mol. The number of aromatic nitrogens is 1. The number of aliphatic hydroxyl groups excluding tert-OH is 1. The predicted molar refractivity (Wildman–Crippen MR) is 199 cm³/mol. The van der Waals surface area contributed by atoms with Gasteiger partial charge in [0.2, 0.25) is 11.5 Å². The molecule has 0 radical (unpaired) electrons. The number of hydrogen-bond acceptors (Lipinski definition) is 8. The number of likely N-dealkylation sites (tertiary alicyclic amines) is 1. The second-order valence-corrected chi connectivity index (χ2v) is 13.8. The van der Waals surface area contributed by atoms with Crippen LogP contribution in [0.25, 0.3) is 22.0 Å². The Kier molecular flexibility index (Phi) is 12.4. The van der Waals surface area contributed by atoms with Crippen LogP contribution in [0.2, 0.25) is 0 Å². The molecular weight excluding hydrogens is 646 g/mol. The zero-order valence-electron chi connectivity index (χ0n) is 29.0. The minimum atomic E-state index is -0.863. The number of aromatic amines is 1. The number of phenolic OH excluding ortho intramolecular Hbond substituents is 1. The molecule has 1 saturated carbocycles. The molecule has 1 aliphatic carbocycles. The molecule has 0 bridgehead atoms. The number of carbonyl (C=O) groups excluding carboxylic acids is 2. The Balaban J connectivity index is 0.827. The summed E-state index contributed by atoms with van der Waals surface area (Å²) in [7, 11) is 0. The van der Waals surface area contributed by atoms with Gasteiger partial charge in [0.1, 0.15) is 11.9 Å². The first kappa shape index (κ1) is 36.1. The summed E-state index contributed by atoms with van der Waals surface area (Å²) >= 11 is 0. The molecule has 0 spiro atoms. The van der Waals surface area contributed by atoms with Crippen molar-refractivity contribution in [1.82, 2.24) is 20.5 Å². The Bertz CT molecular complexity index is 1820. The maximum absolute atomic E-state index is 12.8. The van der Waals surface area contributed by atoms with Crippen LogP contribution in [0.3, 0.4) is 0 Å².